The zero-order valence-corrected chi connectivity index (χ0v) is 11.5. The van der Waals surface area contributed by atoms with Crippen LogP contribution < -0.4 is 5.32 Å². The molecule has 0 aromatic rings. The van der Waals surface area contributed by atoms with Crippen molar-refractivity contribution >= 4 is 0 Å². The maximum absolute atomic E-state index is 5.89. The molecule has 0 radical (unpaired) electrons. The first-order chi connectivity index (χ1) is 7.54. The third-order valence-electron chi connectivity index (χ3n) is 3.76. The van der Waals surface area contributed by atoms with E-state index in [1.54, 1.807) is 0 Å². The molecule has 1 fully saturated rings. The SMILES string of the molecule is CNC(COCC1CCCCC1)C(C)(C)C. The molecular formula is C14H29NO. The summed E-state index contributed by atoms with van der Waals surface area (Å²) in [5.41, 5.74) is 0.279. The minimum Gasteiger partial charge on any atom is -0.380 e. The fourth-order valence-electron chi connectivity index (χ4n) is 2.47. The van der Waals surface area contributed by atoms with Gasteiger partial charge in [-0.1, -0.05) is 40.0 Å². The Balaban J connectivity index is 2.17. The summed E-state index contributed by atoms with van der Waals surface area (Å²) < 4.78 is 5.89. The lowest BCUT2D eigenvalue weighted by molar-refractivity contribution is 0.0473. The van der Waals surface area contributed by atoms with Gasteiger partial charge in [-0.25, -0.2) is 0 Å². The smallest absolute Gasteiger partial charge is 0.0624 e. The van der Waals surface area contributed by atoms with Crippen LogP contribution in [-0.4, -0.2) is 26.3 Å². The Kier molecular flexibility index (Phi) is 5.77. The molecule has 1 atom stereocenters. The van der Waals surface area contributed by atoms with E-state index in [0.717, 1.165) is 19.1 Å². The van der Waals surface area contributed by atoms with E-state index in [-0.39, 0.29) is 5.41 Å². The van der Waals surface area contributed by atoms with Gasteiger partial charge in [-0.2, -0.15) is 0 Å². The highest BCUT2D eigenvalue weighted by Crippen LogP contribution is 2.24. The molecule has 0 aliphatic heterocycles. The van der Waals surface area contributed by atoms with E-state index >= 15 is 0 Å². The van der Waals surface area contributed by atoms with Crippen LogP contribution in [0.3, 0.4) is 0 Å². The molecule has 2 nitrogen and oxygen atoms in total. The molecule has 1 aliphatic rings. The molecule has 0 spiro atoms. The Labute approximate surface area is 101 Å². The summed E-state index contributed by atoms with van der Waals surface area (Å²) in [6, 6.07) is 0.455. The van der Waals surface area contributed by atoms with Crippen molar-refractivity contribution in [2.45, 2.75) is 58.9 Å². The van der Waals surface area contributed by atoms with E-state index in [4.69, 9.17) is 4.74 Å². The molecule has 0 heterocycles. The van der Waals surface area contributed by atoms with E-state index in [0.29, 0.717) is 6.04 Å². The van der Waals surface area contributed by atoms with Crippen LogP contribution in [0, 0.1) is 11.3 Å². The van der Waals surface area contributed by atoms with Gasteiger partial charge in [0.25, 0.3) is 0 Å². The Hall–Kier alpha value is -0.0800. The van der Waals surface area contributed by atoms with Gasteiger partial charge in [-0.05, 0) is 31.2 Å². The summed E-state index contributed by atoms with van der Waals surface area (Å²) in [6.45, 7) is 8.60. The molecule has 16 heavy (non-hydrogen) atoms. The zero-order chi connectivity index (χ0) is 12.0. The molecule has 1 rings (SSSR count). The Bertz CT molecular complexity index is 180. The molecule has 1 unspecified atom stereocenters. The molecule has 1 saturated carbocycles. The second kappa shape index (κ2) is 6.61. The van der Waals surface area contributed by atoms with Crippen molar-refractivity contribution in [3.8, 4) is 0 Å². The average molecular weight is 227 g/mol. The average Bonchev–Trinajstić information content (AvgIpc) is 2.24. The van der Waals surface area contributed by atoms with Crippen LogP contribution in [0.2, 0.25) is 0 Å². The Morgan fingerprint density at radius 3 is 2.31 bits per heavy atom. The van der Waals surface area contributed by atoms with E-state index in [2.05, 4.69) is 26.1 Å². The predicted octanol–water partition coefficient (Wildman–Crippen LogP) is 3.22. The summed E-state index contributed by atoms with van der Waals surface area (Å²) >= 11 is 0. The summed E-state index contributed by atoms with van der Waals surface area (Å²) in [7, 11) is 2.03. The standard InChI is InChI=1S/C14H29NO/c1-14(2,3)13(15-4)11-16-10-12-8-6-5-7-9-12/h12-13,15H,5-11H2,1-4H3. The summed E-state index contributed by atoms with van der Waals surface area (Å²) in [5.74, 6) is 0.825. The largest absolute Gasteiger partial charge is 0.380 e. The van der Waals surface area contributed by atoms with Gasteiger partial charge in [-0.15, -0.1) is 0 Å². The molecular weight excluding hydrogens is 198 g/mol. The van der Waals surface area contributed by atoms with Crippen molar-refractivity contribution in [1.82, 2.24) is 5.32 Å². The zero-order valence-electron chi connectivity index (χ0n) is 11.5. The van der Waals surface area contributed by atoms with Gasteiger partial charge in [0.05, 0.1) is 6.61 Å². The van der Waals surface area contributed by atoms with Gasteiger partial charge >= 0.3 is 0 Å². The van der Waals surface area contributed by atoms with Crippen LogP contribution in [0.5, 0.6) is 0 Å². The van der Waals surface area contributed by atoms with Gasteiger partial charge in [0.1, 0.15) is 0 Å². The third kappa shape index (κ3) is 4.84. The maximum atomic E-state index is 5.89. The second-order valence-corrected chi connectivity index (χ2v) is 6.25. The highest BCUT2D eigenvalue weighted by atomic mass is 16.5. The van der Waals surface area contributed by atoms with E-state index in [1.807, 2.05) is 7.05 Å². The molecule has 0 aromatic heterocycles. The van der Waals surface area contributed by atoms with Crippen molar-refractivity contribution < 1.29 is 4.74 Å². The number of rotatable bonds is 5. The van der Waals surface area contributed by atoms with Crippen LogP contribution in [0.15, 0.2) is 0 Å². The number of likely N-dealkylation sites (N-methyl/N-ethyl adjacent to an activating group) is 1. The van der Waals surface area contributed by atoms with Gasteiger partial charge in [-0.3, -0.25) is 0 Å². The van der Waals surface area contributed by atoms with Crippen LogP contribution in [-0.2, 0) is 4.74 Å². The Morgan fingerprint density at radius 1 is 1.19 bits per heavy atom. The maximum Gasteiger partial charge on any atom is 0.0624 e. The first-order valence-electron chi connectivity index (χ1n) is 6.79. The lowest BCUT2D eigenvalue weighted by Crippen LogP contribution is -2.42. The van der Waals surface area contributed by atoms with Crippen molar-refractivity contribution in [2.75, 3.05) is 20.3 Å². The van der Waals surface area contributed by atoms with Crippen molar-refractivity contribution in [2.24, 2.45) is 11.3 Å². The van der Waals surface area contributed by atoms with Crippen LogP contribution >= 0.6 is 0 Å². The minimum absolute atomic E-state index is 0.279. The lowest BCUT2D eigenvalue weighted by Gasteiger charge is -2.31. The Morgan fingerprint density at radius 2 is 1.81 bits per heavy atom. The fourth-order valence-corrected chi connectivity index (χ4v) is 2.47. The molecule has 1 N–H and O–H groups in total. The van der Waals surface area contributed by atoms with Gasteiger partial charge in [0.15, 0.2) is 0 Å². The lowest BCUT2D eigenvalue weighted by atomic mass is 9.87. The van der Waals surface area contributed by atoms with E-state index in [1.165, 1.54) is 32.1 Å². The van der Waals surface area contributed by atoms with Gasteiger partial charge in [0, 0.05) is 12.6 Å². The molecule has 0 amide bonds. The number of hydrogen-bond acceptors (Lipinski definition) is 2. The molecule has 0 bridgehead atoms. The molecule has 96 valence electrons. The second-order valence-electron chi connectivity index (χ2n) is 6.25. The van der Waals surface area contributed by atoms with Crippen LogP contribution in [0.1, 0.15) is 52.9 Å². The highest BCUT2D eigenvalue weighted by Gasteiger charge is 2.23. The van der Waals surface area contributed by atoms with Crippen LogP contribution in [0.25, 0.3) is 0 Å². The quantitative estimate of drug-likeness (QED) is 0.778. The summed E-state index contributed by atoms with van der Waals surface area (Å²) in [5, 5.41) is 3.35. The highest BCUT2D eigenvalue weighted by molar-refractivity contribution is 4.79. The first-order valence-corrected chi connectivity index (χ1v) is 6.79. The van der Waals surface area contributed by atoms with Crippen molar-refractivity contribution in [3.63, 3.8) is 0 Å². The fraction of sp³-hybridized carbons (Fsp3) is 1.00. The van der Waals surface area contributed by atoms with E-state index < -0.39 is 0 Å². The molecule has 0 saturated heterocycles. The summed E-state index contributed by atoms with van der Waals surface area (Å²) in [4.78, 5) is 0. The number of nitrogens with one attached hydrogen (secondary N) is 1. The third-order valence-corrected chi connectivity index (χ3v) is 3.76. The first kappa shape index (κ1) is 14.0. The molecule has 2 heteroatoms. The number of hydrogen-bond donors (Lipinski definition) is 1. The monoisotopic (exact) mass is 227 g/mol. The van der Waals surface area contributed by atoms with Crippen LogP contribution in [0.4, 0.5) is 0 Å². The van der Waals surface area contributed by atoms with E-state index in [9.17, 15) is 0 Å². The minimum atomic E-state index is 0.279. The summed E-state index contributed by atoms with van der Waals surface area (Å²) in [6.07, 6.45) is 6.99. The van der Waals surface area contributed by atoms with Crippen molar-refractivity contribution in [1.29, 1.82) is 0 Å². The molecule has 1 aliphatic carbocycles. The topological polar surface area (TPSA) is 21.3 Å². The molecule has 0 aromatic carbocycles. The van der Waals surface area contributed by atoms with Gasteiger partial charge in [0.2, 0.25) is 0 Å². The normalized spacial score (nSPS) is 21.0. The number of ether oxygens (including phenoxy) is 1. The van der Waals surface area contributed by atoms with Gasteiger partial charge < -0.3 is 10.1 Å². The predicted molar refractivity (Wildman–Crippen MR) is 69.7 cm³/mol. The van der Waals surface area contributed by atoms with Crippen molar-refractivity contribution in [3.05, 3.63) is 0 Å².